The molecule has 1 N–H and O–H groups in total. The molecule has 0 saturated carbocycles. The van der Waals surface area contributed by atoms with Crippen molar-refractivity contribution in [1.82, 2.24) is 10.2 Å². The maximum Gasteiger partial charge on any atom is 0.243 e. The van der Waals surface area contributed by atoms with Crippen LogP contribution in [-0.2, 0) is 22.6 Å². The van der Waals surface area contributed by atoms with Crippen LogP contribution in [0.15, 0.2) is 77.7 Å². The molecule has 8 heteroatoms. The summed E-state index contributed by atoms with van der Waals surface area (Å²) < 4.78 is 0. The van der Waals surface area contributed by atoms with Crippen molar-refractivity contribution < 1.29 is 9.59 Å². The molecule has 0 radical (unpaired) electrons. The number of rotatable bonds is 12. The van der Waals surface area contributed by atoms with E-state index in [1.54, 1.807) is 34.9 Å². The summed E-state index contributed by atoms with van der Waals surface area (Å²) in [4.78, 5) is 29.6. The quantitative estimate of drug-likeness (QED) is 0.235. The van der Waals surface area contributed by atoms with Crippen molar-refractivity contribution in [2.45, 2.75) is 43.7 Å². The summed E-state index contributed by atoms with van der Waals surface area (Å²) in [6.07, 6.45) is 1.47. The molecule has 0 saturated heterocycles. The molecule has 0 aliphatic heterocycles. The van der Waals surface area contributed by atoms with E-state index in [9.17, 15) is 9.59 Å². The smallest absolute Gasteiger partial charge is 0.243 e. The first-order chi connectivity index (χ1) is 17.4. The topological polar surface area (TPSA) is 49.4 Å². The predicted octanol–water partition coefficient (Wildman–Crippen LogP) is 7.30. The van der Waals surface area contributed by atoms with E-state index in [1.807, 2.05) is 61.5 Å². The van der Waals surface area contributed by atoms with Gasteiger partial charge in [0.2, 0.25) is 11.8 Å². The molecule has 0 spiro atoms. The number of halogens is 3. The van der Waals surface area contributed by atoms with E-state index in [0.29, 0.717) is 33.8 Å². The molecule has 3 aromatic rings. The minimum atomic E-state index is -0.682. The number of carbonyl (C=O) groups excluding carboxylic acids is 2. The van der Waals surface area contributed by atoms with Crippen LogP contribution in [0.3, 0.4) is 0 Å². The van der Waals surface area contributed by atoms with E-state index < -0.39 is 6.04 Å². The van der Waals surface area contributed by atoms with E-state index in [-0.39, 0.29) is 24.8 Å². The third-order valence-electron chi connectivity index (χ3n) is 5.57. The molecule has 36 heavy (non-hydrogen) atoms. The maximum absolute atomic E-state index is 13.6. The summed E-state index contributed by atoms with van der Waals surface area (Å²) in [6, 6.07) is 21.8. The van der Waals surface area contributed by atoms with Gasteiger partial charge in [-0.1, -0.05) is 78.1 Å². The Morgan fingerprint density at radius 1 is 0.944 bits per heavy atom. The van der Waals surface area contributed by atoms with Gasteiger partial charge in [0.25, 0.3) is 0 Å². The Hall–Kier alpha value is -2.18. The fraction of sp³-hybridized carbons (Fsp3) is 0.286. The lowest BCUT2D eigenvalue weighted by Gasteiger charge is -2.32. The van der Waals surface area contributed by atoms with Gasteiger partial charge in [0.15, 0.2) is 0 Å². The van der Waals surface area contributed by atoms with Crippen LogP contribution in [0.4, 0.5) is 0 Å². The van der Waals surface area contributed by atoms with E-state index in [0.717, 1.165) is 22.4 Å². The number of hydrogen-bond acceptors (Lipinski definition) is 3. The number of thioether (sulfide) groups is 1. The summed E-state index contributed by atoms with van der Waals surface area (Å²) in [6.45, 7) is 2.74. The van der Waals surface area contributed by atoms with Crippen LogP contribution in [0.5, 0.6) is 0 Å². The lowest BCUT2D eigenvalue weighted by molar-refractivity contribution is -0.141. The number of benzene rings is 3. The van der Waals surface area contributed by atoms with Gasteiger partial charge < -0.3 is 10.2 Å². The zero-order valence-corrected chi connectivity index (χ0v) is 23.1. The van der Waals surface area contributed by atoms with Crippen molar-refractivity contribution in [2.75, 3.05) is 12.3 Å². The van der Waals surface area contributed by atoms with Crippen LogP contribution in [-0.4, -0.2) is 35.1 Å². The van der Waals surface area contributed by atoms with E-state index >= 15 is 0 Å². The second kappa shape index (κ2) is 14.5. The van der Waals surface area contributed by atoms with Crippen LogP contribution >= 0.6 is 46.6 Å². The molecule has 0 aliphatic rings. The number of hydrogen-bond donors (Lipinski definition) is 1. The second-order valence-electron chi connectivity index (χ2n) is 8.31. The van der Waals surface area contributed by atoms with Gasteiger partial charge in [0.05, 0.1) is 0 Å². The Morgan fingerprint density at radius 3 is 2.31 bits per heavy atom. The molecule has 1 atom stereocenters. The highest BCUT2D eigenvalue weighted by molar-refractivity contribution is 7.99. The second-order valence-corrected chi connectivity index (χ2v) is 10.8. The van der Waals surface area contributed by atoms with Gasteiger partial charge in [-0.15, -0.1) is 11.8 Å². The molecule has 0 heterocycles. The minimum Gasteiger partial charge on any atom is -0.354 e. The van der Waals surface area contributed by atoms with Crippen LogP contribution < -0.4 is 5.32 Å². The Morgan fingerprint density at radius 2 is 1.64 bits per heavy atom. The molecule has 3 rings (SSSR count). The third kappa shape index (κ3) is 8.74. The number of carbonyl (C=O) groups is 2. The molecule has 4 nitrogen and oxygen atoms in total. The highest BCUT2D eigenvalue weighted by atomic mass is 35.5. The lowest BCUT2D eigenvalue weighted by Crippen LogP contribution is -2.50. The molecule has 0 aromatic heterocycles. The molecule has 0 fully saturated rings. The standard InChI is InChI=1S/C28H29Cl3N2O2S/c1-2-15-32-28(35)26(17-20-6-4-3-5-7-20)33(19-21-8-9-23(30)18-25(21)31)27(34)14-16-36-24-12-10-22(29)11-13-24/h3-13,18,26H,2,14-17,19H2,1H3,(H,32,35)/t26-/m0/s1. The Balaban J connectivity index is 1.85. The van der Waals surface area contributed by atoms with Crippen LogP contribution in [0.2, 0.25) is 15.1 Å². The fourth-order valence-corrected chi connectivity index (χ4v) is 5.12. The van der Waals surface area contributed by atoms with Gasteiger partial charge in [-0.3, -0.25) is 9.59 Å². The zero-order valence-electron chi connectivity index (χ0n) is 20.1. The van der Waals surface area contributed by atoms with Gasteiger partial charge in [0, 0.05) is 51.6 Å². The Bertz CT molecular complexity index is 1140. The van der Waals surface area contributed by atoms with Crippen molar-refractivity contribution in [1.29, 1.82) is 0 Å². The van der Waals surface area contributed by atoms with Crippen LogP contribution in [0.1, 0.15) is 30.9 Å². The summed E-state index contributed by atoms with van der Waals surface area (Å²) in [5.41, 5.74) is 1.71. The molecule has 0 aliphatic carbocycles. The number of amides is 2. The first kappa shape index (κ1) is 28.4. The number of nitrogens with zero attached hydrogens (tertiary/aromatic N) is 1. The Kier molecular flexibility index (Phi) is 11.5. The Labute approximate surface area is 232 Å². The first-order valence-corrected chi connectivity index (χ1v) is 13.9. The van der Waals surface area contributed by atoms with Crippen LogP contribution in [0.25, 0.3) is 0 Å². The number of nitrogens with one attached hydrogen (secondary N) is 1. The molecular weight excluding hydrogens is 535 g/mol. The molecule has 2 amide bonds. The van der Waals surface area contributed by atoms with Crippen molar-refractivity contribution in [2.24, 2.45) is 0 Å². The normalized spacial score (nSPS) is 11.7. The van der Waals surface area contributed by atoms with Gasteiger partial charge in [-0.25, -0.2) is 0 Å². The average Bonchev–Trinajstić information content (AvgIpc) is 2.87. The summed E-state index contributed by atoms with van der Waals surface area (Å²) in [5, 5.41) is 4.63. The molecule has 0 bridgehead atoms. The van der Waals surface area contributed by atoms with E-state index in [4.69, 9.17) is 34.8 Å². The third-order valence-corrected chi connectivity index (χ3v) is 7.43. The summed E-state index contributed by atoms with van der Waals surface area (Å²) >= 11 is 20.1. The highest BCUT2D eigenvalue weighted by Crippen LogP contribution is 2.26. The summed E-state index contributed by atoms with van der Waals surface area (Å²) in [7, 11) is 0. The van der Waals surface area contributed by atoms with Crippen molar-refractivity contribution >= 4 is 58.4 Å². The van der Waals surface area contributed by atoms with Gasteiger partial charge in [-0.2, -0.15) is 0 Å². The predicted molar refractivity (Wildman–Crippen MR) is 151 cm³/mol. The highest BCUT2D eigenvalue weighted by Gasteiger charge is 2.30. The van der Waals surface area contributed by atoms with E-state index in [1.165, 1.54) is 0 Å². The average molecular weight is 564 g/mol. The lowest BCUT2D eigenvalue weighted by atomic mass is 10.0. The minimum absolute atomic E-state index is 0.116. The molecular formula is C28H29Cl3N2O2S. The molecule has 0 unspecified atom stereocenters. The van der Waals surface area contributed by atoms with Crippen LogP contribution in [0, 0.1) is 0 Å². The summed E-state index contributed by atoms with van der Waals surface area (Å²) in [5.74, 6) is 0.277. The SMILES string of the molecule is CCCNC(=O)[C@H](Cc1ccccc1)N(Cc1ccc(Cl)cc1Cl)C(=O)CCSc1ccc(Cl)cc1. The van der Waals surface area contributed by atoms with Gasteiger partial charge in [0.1, 0.15) is 6.04 Å². The first-order valence-electron chi connectivity index (χ1n) is 11.8. The largest absolute Gasteiger partial charge is 0.354 e. The zero-order chi connectivity index (χ0) is 25.9. The van der Waals surface area contributed by atoms with Crippen molar-refractivity contribution in [3.63, 3.8) is 0 Å². The fourth-order valence-electron chi connectivity index (χ4n) is 3.68. The maximum atomic E-state index is 13.6. The van der Waals surface area contributed by atoms with Gasteiger partial charge >= 0.3 is 0 Å². The van der Waals surface area contributed by atoms with Gasteiger partial charge in [-0.05, 0) is 53.9 Å². The van der Waals surface area contributed by atoms with Crippen molar-refractivity contribution in [3.8, 4) is 0 Å². The molecule has 190 valence electrons. The van der Waals surface area contributed by atoms with E-state index in [2.05, 4.69) is 5.32 Å². The van der Waals surface area contributed by atoms with Crippen molar-refractivity contribution in [3.05, 3.63) is 99.0 Å². The molecule has 3 aromatic carbocycles. The monoisotopic (exact) mass is 562 g/mol.